The van der Waals surface area contributed by atoms with Gasteiger partial charge in [0.25, 0.3) is 6.43 Å². The molecule has 0 saturated heterocycles. The summed E-state index contributed by atoms with van der Waals surface area (Å²) < 4.78 is 34.5. The zero-order chi connectivity index (χ0) is 14.6. The molecular formula is C10H10F2N2O5. The average molecular weight is 276 g/mol. The summed E-state index contributed by atoms with van der Waals surface area (Å²) in [4.78, 5) is 24.6. The number of methoxy groups -OCH3 is 2. The van der Waals surface area contributed by atoms with Crippen molar-refractivity contribution in [2.24, 2.45) is 0 Å². The van der Waals surface area contributed by atoms with E-state index in [9.17, 15) is 23.7 Å². The van der Waals surface area contributed by atoms with Gasteiger partial charge < -0.3 is 9.47 Å². The summed E-state index contributed by atoms with van der Waals surface area (Å²) in [5.41, 5.74) is -1.90. The number of carbonyl (C=O) groups excluding carboxylic acids is 1. The Bertz CT molecular complexity index is 507. The Balaban J connectivity index is 3.40. The minimum atomic E-state index is -3.08. The Kier molecular flexibility index (Phi) is 4.67. The Morgan fingerprint density at radius 2 is 2.16 bits per heavy atom. The van der Waals surface area contributed by atoms with Gasteiger partial charge in [0.15, 0.2) is 0 Å². The van der Waals surface area contributed by atoms with Crippen molar-refractivity contribution in [1.29, 1.82) is 0 Å². The number of alkyl halides is 2. The fourth-order valence-corrected chi connectivity index (χ4v) is 1.43. The van der Waals surface area contributed by atoms with E-state index in [1.165, 1.54) is 0 Å². The van der Waals surface area contributed by atoms with Crippen LogP contribution in [0.2, 0.25) is 0 Å². The first-order valence-corrected chi connectivity index (χ1v) is 4.97. The van der Waals surface area contributed by atoms with Gasteiger partial charge in [0.2, 0.25) is 5.75 Å². The molecule has 0 aliphatic rings. The van der Waals surface area contributed by atoms with E-state index in [0.29, 0.717) is 6.20 Å². The highest BCUT2D eigenvalue weighted by Gasteiger charge is 2.30. The zero-order valence-corrected chi connectivity index (χ0v) is 10.1. The van der Waals surface area contributed by atoms with Crippen LogP contribution >= 0.6 is 0 Å². The van der Waals surface area contributed by atoms with E-state index in [1.54, 1.807) is 0 Å². The van der Waals surface area contributed by atoms with E-state index in [4.69, 9.17) is 4.74 Å². The average Bonchev–Trinajstić information content (AvgIpc) is 2.37. The van der Waals surface area contributed by atoms with Gasteiger partial charge in [-0.05, 0) is 0 Å². The summed E-state index contributed by atoms with van der Waals surface area (Å²) in [6.45, 7) is 0. The minimum absolute atomic E-state index is 0.134. The number of esters is 1. The predicted octanol–water partition coefficient (Wildman–Crippen LogP) is 1.65. The second-order valence-electron chi connectivity index (χ2n) is 3.35. The van der Waals surface area contributed by atoms with Crippen molar-refractivity contribution in [2.45, 2.75) is 12.8 Å². The molecule has 0 radical (unpaired) electrons. The molecule has 104 valence electrons. The van der Waals surface area contributed by atoms with E-state index >= 15 is 0 Å². The van der Waals surface area contributed by atoms with Gasteiger partial charge in [-0.1, -0.05) is 0 Å². The molecule has 0 spiro atoms. The fourth-order valence-electron chi connectivity index (χ4n) is 1.43. The van der Waals surface area contributed by atoms with Crippen LogP contribution in [0.4, 0.5) is 14.5 Å². The van der Waals surface area contributed by atoms with Crippen LogP contribution in [-0.4, -0.2) is 30.1 Å². The lowest BCUT2D eigenvalue weighted by Gasteiger charge is -2.10. The van der Waals surface area contributed by atoms with Gasteiger partial charge in [0.1, 0.15) is 11.3 Å². The number of hydrogen-bond acceptors (Lipinski definition) is 6. The number of rotatable bonds is 5. The molecule has 0 unspecified atom stereocenters. The second-order valence-corrected chi connectivity index (χ2v) is 3.35. The molecule has 0 aliphatic carbocycles. The molecule has 0 fully saturated rings. The molecule has 1 heterocycles. The van der Waals surface area contributed by atoms with Gasteiger partial charge in [-0.2, -0.15) is 0 Å². The topological polar surface area (TPSA) is 91.6 Å². The van der Waals surface area contributed by atoms with E-state index < -0.39 is 40.7 Å². The number of ether oxygens (including phenoxy) is 2. The van der Waals surface area contributed by atoms with Crippen LogP contribution in [-0.2, 0) is 16.0 Å². The van der Waals surface area contributed by atoms with Crippen LogP contribution in [0.15, 0.2) is 6.20 Å². The number of hydrogen-bond donors (Lipinski definition) is 0. The SMILES string of the molecule is COC(=O)Cc1ncc(C(F)F)c([N+](=O)[O-])c1OC. The van der Waals surface area contributed by atoms with Crippen molar-refractivity contribution in [3.05, 3.63) is 27.6 Å². The first kappa shape index (κ1) is 14.7. The van der Waals surface area contributed by atoms with Crippen molar-refractivity contribution in [3.8, 4) is 5.75 Å². The third-order valence-electron chi connectivity index (χ3n) is 2.27. The lowest BCUT2D eigenvalue weighted by molar-refractivity contribution is -0.387. The molecule has 9 heteroatoms. The third-order valence-corrected chi connectivity index (χ3v) is 2.27. The lowest BCUT2D eigenvalue weighted by atomic mass is 10.1. The number of halogens is 2. The van der Waals surface area contributed by atoms with Crippen LogP contribution in [0.1, 0.15) is 17.7 Å². The van der Waals surface area contributed by atoms with Crippen molar-refractivity contribution in [2.75, 3.05) is 14.2 Å². The molecule has 0 aliphatic heterocycles. The summed E-state index contributed by atoms with van der Waals surface area (Å²) in [5.74, 6) is -1.18. The first-order chi connectivity index (χ1) is 8.92. The van der Waals surface area contributed by atoms with Crippen LogP contribution < -0.4 is 4.74 Å². The molecule has 0 aromatic carbocycles. The molecule has 0 bridgehead atoms. The molecule has 1 aromatic heterocycles. The fraction of sp³-hybridized carbons (Fsp3) is 0.400. The highest BCUT2D eigenvalue weighted by Crippen LogP contribution is 2.38. The summed E-state index contributed by atoms with van der Waals surface area (Å²) in [5, 5.41) is 10.9. The molecule has 7 nitrogen and oxygen atoms in total. The predicted molar refractivity (Wildman–Crippen MR) is 58.1 cm³/mol. The molecule has 0 amide bonds. The lowest BCUT2D eigenvalue weighted by Crippen LogP contribution is -2.10. The number of nitrogens with zero attached hydrogens (tertiary/aromatic N) is 2. The van der Waals surface area contributed by atoms with Gasteiger partial charge in [0.05, 0.1) is 25.6 Å². The van der Waals surface area contributed by atoms with Crippen molar-refractivity contribution >= 4 is 11.7 Å². The first-order valence-electron chi connectivity index (χ1n) is 4.97. The van der Waals surface area contributed by atoms with E-state index in [1.807, 2.05) is 0 Å². The number of nitro groups is 1. The Hall–Kier alpha value is -2.32. The Morgan fingerprint density at radius 3 is 2.58 bits per heavy atom. The Labute approximate surface area is 106 Å². The maximum Gasteiger partial charge on any atom is 0.323 e. The van der Waals surface area contributed by atoms with Crippen LogP contribution in [0.3, 0.4) is 0 Å². The minimum Gasteiger partial charge on any atom is -0.489 e. The van der Waals surface area contributed by atoms with E-state index in [-0.39, 0.29) is 5.69 Å². The summed E-state index contributed by atoms with van der Waals surface area (Å²) in [6, 6.07) is 0. The van der Waals surface area contributed by atoms with E-state index in [2.05, 4.69) is 9.72 Å². The maximum atomic E-state index is 12.7. The molecule has 1 aromatic rings. The molecule has 19 heavy (non-hydrogen) atoms. The van der Waals surface area contributed by atoms with Crippen LogP contribution in [0.25, 0.3) is 0 Å². The molecule has 0 N–H and O–H groups in total. The van der Waals surface area contributed by atoms with Gasteiger partial charge in [-0.25, -0.2) is 8.78 Å². The Morgan fingerprint density at radius 1 is 1.53 bits per heavy atom. The quantitative estimate of drug-likeness (QED) is 0.461. The molecular weight excluding hydrogens is 266 g/mol. The smallest absolute Gasteiger partial charge is 0.323 e. The number of pyridine rings is 1. The van der Waals surface area contributed by atoms with Gasteiger partial charge in [0, 0.05) is 6.20 Å². The second kappa shape index (κ2) is 6.03. The van der Waals surface area contributed by atoms with Crippen LogP contribution in [0, 0.1) is 10.1 Å². The standard InChI is InChI=1S/C10H10F2N2O5/c1-18-7(15)3-6-9(19-2)8(14(16)17)5(4-13-6)10(11)12/h4,10H,3H2,1-2H3. The highest BCUT2D eigenvalue weighted by atomic mass is 19.3. The monoisotopic (exact) mass is 276 g/mol. The molecule has 1 rings (SSSR count). The van der Waals surface area contributed by atoms with Crippen LogP contribution in [0.5, 0.6) is 5.75 Å². The zero-order valence-electron chi connectivity index (χ0n) is 10.1. The summed E-state index contributed by atoms with van der Waals surface area (Å²) >= 11 is 0. The number of aromatic nitrogens is 1. The van der Waals surface area contributed by atoms with Gasteiger partial charge in [-0.3, -0.25) is 19.9 Å². The van der Waals surface area contributed by atoms with Gasteiger partial charge in [-0.15, -0.1) is 0 Å². The van der Waals surface area contributed by atoms with Crippen molar-refractivity contribution in [1.82, 2.24) is 4.98 Å². The maximum absolute atomic E-state index is 12.7. The van der Waals surface area contributed by atoms with Crippen molar-refractivity contribution in [3.63, 3.8) is 0 Å². The summed E-state index contributed by atoms with van der Waals surface area (Å²) in [7, 11) is 2.19. The normalized spacial score (nSPS) is 10.4. The third kappa shape index (κ3) is 3.12. The molecule has 0 atom stereocenters. The van der Waals surface area contributed by atoms with Crippen molar-refractivity contribution < 1.29 is 28.0 Å². The summed E-state index contributed by atoms with van der Waals surface area (Å²) in [6.07, 6.45) is -2.83. The largest absolute Gasteiger partial charge is 0.489 e. The highest BCUT2D eigenvalue weighted by molar-refractivity contribution is 5.74. The van der Waals surface area contributed by atoms with Gasteiger partial charge >= 0.3 is 11.7 Å². The number of carbonyl (C=O) groups is 1. The van der Waals surface area contributed by atoms with E-state index in [0.717, 1.165) is 14.2 Å². The molecule has 0 saturated carbocycles.